The molecule has 2 rings (SSSR count). The summed E-state index contributed by atoms with van der Waals surface area (Å²) in [5.41, 5.74) is 1.28. The molecule has 1 aromatic heterocycles. The molecule has 0 radical (unpaired) electrons. The van der Waals surface area contributed by atoms with E-state index in [1.165, 1.54) is 24.9 Å². The van der Waals surface area contributed by atoms with E-state index in [4.69, 9.17) is 0 Å². The molecule has 0 unspecified atom stereocenters. The molecule has 0 N–H and O–H groups in total. The van der Waals surface area contributed by atoms with Crippen molar-refractivity contribution in [2.75, 3.05) is 13.6 Å². The van der Waals surface area contributed by atoms with Crippen LogP contribution in [0.25, 0.3) is 0 Å². The van der Waals surface area contributed by atoms with E-state index in [9.17, 15) is 0 Å². The van der Waals surface area contributed by atoms with E-state index in [0.29, 0.717) is 0 Å². The molecular weight excluding hydrogens is 240 g/mol. The van der Waals surface area contributed by atoms with Gasteiger partial charge in [0.1, 0.15) is 0 Å². The van der Waals surface area contributed by atoms with Crippen LogP contribution in [0.3, 0.4) is 0 Å². The Balaban J connectivity index is 1.88. The zero-order valence-corrected chi connectivity index (χ0v) is 10.00. The number of pyridine rings is 1. The third-order valence-corrected chi connectivity index (χ3v) is 2.91. The van der Waals surface area contributed by atoms with Crippen LogP contribution in [0.1, 0.15) is 18.4 Å². The molecule has 0 spiro atoms. The number of rotatable bonds is 4. The third-order valence-electron chi connectivity index (χ3n) is 2.48. The monoisotopic (exact) mass is 254 g/mol. The van der Waals surface area contributed by atoms with Crippen molar-refractivity contribution in [3.05, 3.63) is 28.5 Å². The first kappa shape index (κ1) is 10.1. The Morgan fingerprint density at radius 1 is 1.50 bits per heavy atom. The molecule has 1 saturated carbocycles. The van der Waals surface area contributed by atoms with Gasteiger partial charge in [0.25, 0.3) is 0 Å². The van der Waals surface area contributed by atoms with Crippen LogP contribution in [0.5, 0.6) is 0 Å². The number of nitrogens with zero attached hydrogens (tertiary/aromatic N) is 2. The summed E-state index contributed by atoms with van der Waals surface area (Å²) in [6, 6.07) is 2.14. The van der Waals surface area contributed by atoms with Crippen LogP contribution in [0.4, 0.5) is 0 Å². The quantitative estimate of drug-likeness (QED) is 0.822. The van der Waals surface area contributed by atoms with Gasteiger partial charge >= 0.3 is 0 Å². The molecule has 0 bridgehead atoms. The molecule has 0 aromatic carbocycles. The second-order valence-corrected chi connectivity index (χ2v) is 5.07. The summed E-state index contributed by atoms with van der Waals surface area (Å²) in [7, 11) is 2.18. The average Bonchev–Trinajstić information content (AvgIpc) is 2.87. The fraction of sp³-hybridized carbons (Fsp3) is 0.545. The van der Waals surface area contributed by atoms with Crippen molar-refractivity contribution in [3.63, 3.8) is 0 Å². The van der Waals surface area contributed by atoms with E-state index in [1.807, 2.05) is 12.4 Å². The Kier molecular flexibility index (Phi) is 3.19. The summed E-state index contributed by atoms with van der Waals surface area (Å²) < 4.78 is 1.06. The van der Waals surface area contributed by atoms with Crippen LogP contribution in [0.2, 0.25) is 0 Å². The first-order valence-electron chi connectivity index (χ1n) is 5.02. The molecule has 76 valence electrons. The zero-order valence-electron chi connectivity index (χ0n) is 8.41. The predicted molar refractivity (Wildman–Crippen MR) is 61.0 cm³/mol. The number of hydrogen-bond acceptors (Lipinski definition) is 2. The van der Waals surface area contributed by atoms with Gasteiger partial charge < -0.3 is 4.90 Å². The van der Waals surface area contributed by atoms with Crippen LogP contribution in [-0.4, -0.2) is 23.5 Å². The molecule has 1 aromatic rings. The van der Waals surface area contributed by atoms with Crippen molar-refractivity contribution >= 4 is 15.9 Å². The minimum Gasteiger partial charge on any atom is -0.302 e. The number of aromatic nitrogens is 1. The molecule has 1 aliphatic carbocycles. The van der Waals surface area contributed by atoms with Gasteiger partial charge in [0.2, 0.25) is 0 Å². The van der Waals surface area contributed by atoms with Gasteiger partial charge in [-0.05, 0) is 53.4 Å². The van der Waals surface area contributed by atoms with Crippen LogP contribution in [0, 0.1) is 5.92 Å². The van der Waals surface area contributed by atoms with Crippen LogP contribution < -0.4 is 0 Å². The molecular formula is C11H15BrN2. The molecule has 2 nitrogen and oxygen atoms in total. The molecule has 1 heterocycles. The van der Waals surface area contributed by atoms with E-state index < -0.39 is 0 Å². The highest BCUT2D eigenvalue weighted by Crippen LogP contribution is 2.29. The lowest BCUT2D eigenvalue weighted by Crippen LogP contribution is -2.20. The Bertz CT molecular complexity index is 310. The summed E-state index contributed by atoms with van der Waals surface area (Å²) in [6.45, 7) is 2.23. The molecule has 0 amide bonds. The fourth-order valence-electron chi connectivity index (χ4n) is 1.66. The van der Waals surface area contributed by atoms with E-state index >= 15 is 0 Å². The smallest absolute Gasteiger partial charge is 0.0410 e. The second-order valence-electron chi connectivity index (χ2n) is 4.15. The first-order valence-corrected chi connectivity index (χ1v) is 5.81. The van der Waals surface area contributed by atoms with Crippen LogP contribution in [-0.2, 0) is 6.54 Å². The third kappa shape index (κ3) is 3.07. The SMILES string of the molecule is CN(Cc1cncc(Br)c1)CC1CC1. The summed E-state index contributed by atoms with van der Waals surface area (Å²) in [5.74, 6) is 0.958. The fourth-order valence-corrected chi connectivity index (χ4v) is 2.07. The molecule has 0 saturated heterocycles. The topological polar surface area (TPSA) is 16.1 Å². The van der Waals surface area contributed by atoms with Gasteiger partial charge in [-0.1, -0.05) is 0 Å². The first-order chi connectivity index (χ1) is 6.74. The average molecular weight is 255 g/mol. The van der Waals surface area contributed by atoms with Gasteiger partial charge in [0, 0.05) is 30.0 Å². The summed E-state index contributed by atoms with van der Waals surface area (Å²) in [5, 5.41) is 0. The molecule has 0 aliphatic heterocycles. The maximum absolute atomic E-state index is 4.16. The molecule has 1 aliphatic rings. The van der Waals surface area contributed by atoms with E-state index in [2.05, 4.69) is 38.9 Å². The minimum absolute atomic E-state index is 0.958. The van der Waals surface area contributed by atoms with Gasteiger partial charge in [-0.2, -0.15) is 0 Å². The van der Waals surface area contributed by atoms with Crippen molar-refractivity contribution in [3.8, 4) is 0 Å². The molecule has 0 atom stereocenters. The van der Waals surface area contributed by atoms with Gasteiger partial charge in [-0.25, -0.2) is 0 Å². The van der Waals surface area contributed by atoms with E-state index in [0.717, 1.165) is 16.9 Å². The Labute approximate surface area is 93.5 Å². The Morgan fingerprint density at radius 2 is 2.29 bits per heavy atom. The van der Waals surface area contributed by atoms with Gasteiger partial charge in [-0.15, -0.1) is 0 Å². The van der Waals surface area contributed by atoms with Gasteiger partial charge in [0.15, 0.2) is 0 Å². The molecule has 3 heteroatoms. The van der Waals surface area contributed by atoms with E-state index in [-0.39, 0.29) is 0 Å². The largest absolute Gasteiger partial charge is 0.302 e. The van der Waals surface area contributed by atoms with Crippen molar-refractivity contribution < 1.29 is 0 Å². The standard InChI is InChI=1S/C11H15BrN2/c1-14(7-9-2-3-9)8-10-4-11(12)6-13-5-10/h4-6,9H,2-3,7-8H2,1H3. The summed E-state index contributed by atoms with van der Waals surface area (Å²) in [6.07, 6.45) is 6.60. The van der Waals surface area contributed by atoms with Crippen molar-refractivity contribution in [2.24, 2.45) is 5.92 Å². The van der Waals surface area contributed by atoms with Gasteiger partial charge in [-0.3, -0.25) is 4.98 Å². The normalized spacial score (nSPS) is 16.2. The van der Waals surface area contributed by atoms with Crippen LogP contribution in [0.15, 0.2) is 22.9 Å². The van der Waals surface area contributed by atoms with Gasteiger partial charge in [0.05, 0.1) is 0 Å². The lowest BCUT2D eigenvalue weighted by molar-refractivity contribution is 0.312. The zero-order chi connectivity index (χ0) is 9.97. The number of hydrogen-bond donors (Lipinski definition) is 0. The maximum Gasteiger partial charge on any atom is 0.0410 e. The minimum atomic E-state index is 0.958. The molecule has 14 heavy (non-hydrogen) atoms. The number of halogens is 1. The highest BCUT2D eigenvalue weighted by atomic mass is 79.9. The lowest BCUT2D eigenvalue weighted by Gasteiger charge is -2.15. The second kappa shape index (κ2) is 4.41. The van der Waals surface area contributed by atoms with Crippen molar-refractivity contribution in [1.82, 2.24) is 9.88 Å². The summed E-state index contributed by atoms with van der Waals surface area (Å²) in [4.78, 5) is 6.53. The Morgan fingerprint density at radius 3 is 2.93 bits per heavy atom. The lowest BCUT2D eigenvalue weighted by atomic mass is 10.2. The van der Waals surface area contributed by atoms with E-state index in [1.54, 1.807) is 0 Å². The van der Waals surface area contributed by atoms with Crippen molar-refractivity contribution in [2.45, 2.75) is 19.4 Å². The highest BCUT2D eigenvalue weighted by Gasteiger charge is 2.22. The highest BCUT2D eigenvalue weighted by molar-refractivity contribution is 9.10. The molecule has 1 fully saturated rings. The summed E-state index contributed by atoms with van der Waals surface area (Å²) >= 11 is 3.43. The van der Waals surface area contributed by atoms with Crippen molar-refractivity contribution in [1.29, 1.82) is 0 Å². The Hall–Kier alpha value is -0.410. The van der Waals surface area contributed by atoms with Crippen LogP contribution >= 0.6 is 15.9 Å². The predicted octanol–water partition coefficient (Wildman–Crippen LogP) is 2.69. The maximum atomic E-state index is 4.16.